The van der Waals surface area contributed by atoms with Crippen LogP contribution < -0.4 is 5.32 Å². The molecule has 0 saturated carbocycles. The quantitative estimate of drug-likeness (QED) is 0.841. The number of hydrogen-bond donors (Lipinski definition) is 2. The molecule has 0 fully saturated rings. The fraction of sp³-hybridized carbons (Fsp3) is 0.545. The molecule has 0 spiro atoms. The molecule has 0 radical (unpaired) electrons. The number of aryl methyl sites for hydroxylation is 2. The monoisotopic (exact) mass is 256 g/mol. The number of aliphatic carboxylic acids is 1. The topological polar surface area (TPSA) is 79.3 Å². The van der Waals surface area contributed by atoms with Crippen LogP contribution in [0, 0.1) is 13.8 Å². The predicted molar refractivity (Wildman–Crippen MR) is 65.4 cm³/mol. The number of nitrogens with one attached hydrogen (secondary N) is 1. The summed E-state index contributed by atoms with van der Waals surface area (Å²) < 4.78 is 0. The fourth-order valence-corrected chi connectivity index (χ4v) is 2.33. The van der Waals surface area contributed by atoms with Crippen LogP contribution in [0.3, 0.4) is 0 Å². The molecule has 0 saturated heterocycles. The van der Waals surface area contributed by atoms with Gasteiger partial charge in [-0.3, -0.25) is 4.79 Å². The average molecular weight is 256 g/mol. The van der Waals surface area contributed by atoms with Crippen molar-refractivity contribution >= 4 is 23.2 Å². The van der Waals surface area contributed by atoms with Crippen molar-refractivity contribution in [2.75, 3.05) is 0 Å². The number of rotatable bonds is 5. The number of hydrogen-bond acceptors (Lipinski definition) is 4. The Morgan fingerprint density at radius 2 is 2.12 bits per heavy atom. The van der Waals surface area contributed by atoms with E-state index in [1.165, 1.54) is 11.3 Å². The molecule has 17 heavy (non-hydrogen) atoms. The zero-order valence-electron chi connectivity index (χ0n) is 10.1. The minimum Gasteiger partial charge on any atom is -0.480 e. The van der Waals surface area contributed by atoms with Crippen molar-refractivity contribution in [1.29, 1.82) is 0 Å². The Bertz CT molecular complexity index is 428. The van der Waals surface area contributed by atoms with Crippen molar-refractivity contribution in [3.63, 3.8) is 0 Å². The first kappa shape index (κ1) is 13.6. The van der Waals surface area contributed by atoms with Crippen LogP contribution in [0.2, 0.25) is 0 Å². The van der Waals surface area contributed by atoms with E-state index < -0.39 is 12.0 Å². The summed E-state index contributed by atoms with van der Waals surface area (Å²) in [5.74, 6) is -1.35. The molecule has 0 aromatic carbocycles. The second-order valence-electron chi connectivity index (χ2n) is 3.80. The molecule has 0 unspecified atom stereocenters. The number of carboxylic acid groups (broad SMARTS) is 1. The number of carbonyl (C=O) groups excluding carboxylic acids is 1. The van der Waals surface area contributed by atoms with Gasteiger partial charge in [0.05, 0.1) is 10.7 Å². The highest BCUT2D eigenvalue weighted by Crippen LogP contribution is 2.17. The molecule has 0 aliphatic heterocycles. The second-order valence-corrected chi connectivity index (χ2v) is 5.00. The van der Waals surface area contributed by atoms with E-state index in [1.807, 2.05) is 13.8 Å². The third-order valence-electron chi connectivity index (χ3n) is 2.29. The molecule has 1 rings (SSSR count). The van der Waals surface area contributed by atoms with Gasteiger partial charge in [-0.1, -0.05) is 13.3 Å². The Balaban J connectivity index is 2.77. The Kier molecular flexibility index (Phi) is 4.62. The Morgan fingerprint density at radius 3 is 2.53 bits per heavy atom. The molecule has 1 heterocycles. The highest BCUT2D eigenvalue weighted by molar-refractivity contribution is 7.13. The predicted octanol–water partition coefficient (Wildman–Crippen LogP) is 1.74. The van der Waals surface area contributed by atoms with Gasteiger partial charge in [0.2, 0.25) is 0 Å². The molecule has 0 bridgehead atoms. The Hall–Kier alpha value is -1.43. The molecule has 2 N–H and O–H groups in total. The van der Waals surface area contributed by atoms with E-state index in [0.29, 0.717) is 23.4 Å². The Morgan fingerprint density at radius 1 is 1.47 bits per heavy atom. The standard InChI is InChI=1S/C11H16N2O3S/c1-4-5-8(11(15)16)13-10(14)9-6(2)12-7(3)17-9/h8H,4-5H2,1-3H3,(H,13,14)(H,15,16)/t8-/m1/s1. The molecule has 1 atom stereocenters. The number of thiazole rings is 1. The van der Waals surface area contributed by atoms with Crippen molar-refractivity contribution in [2.45, 2.75) is 39.7 Å². The van der Waals surface area contributed by atoms with Gasteiger partial charge in [-0.2, -0.15) is 0 Å². The van der Waals surface area contributed by atoms with Crippen LogP contribution >= 0.6 is 11.3 Å². The van der Waals surface area contributed by atoms with Gasteiger partial charge in [-0.25, -0.2) is 9.78 Å². The minimum atomic E-state index is -1.00. The smallest absolute Gasteiger partial charge is 0.326 e. The van der Waals surface area contributed by atoms with Crippen LogP contribution in [-0.4, -0.2) is 28.0 Å². The van der Waals surface area contributed by atoms with Gasteiger partial charge in [-0.05, 0) is 20.3 Å². The SMILES string of the molecule is CCC[C@@H](NC(=O)c1sc(C)nc1C)C(=O)O. The number of nitrogens with zero attached hydrogens (tertiary/aromatic N) is 1. The summed E-state index contributed by atoms with van der Waals surface area (Å²) in [6.45, 7) is 5.44. The van der Waals surface area contributed by atoms with Crippen LogP contribution in [0.1, 0.15) is 40.1 Å². The van der Waals surface area contributed by atoms with Crippen LogP contribution in [-0.2, 0) is 4.79 Å². The van der Waals surface area contributed by atoms with Crippen molar-refractivity contribution < 1.29 is 14.7 Å². The van der Waals surface area contributed by atoms with E-state index in [0.717, 1.165) is 5.01 Å². The van der Waals surface area contributed by atoms with E-state index >= 15 is 0 Å². The van der Waals surface area contributed by atoms with Gasteiger partial charge in [0.1, 0.15) is 10.9 Å². The average Bonchev–Trinajstić information content (AvgIpc) is 2.57. The summed E-state index contributed by atoms with van der Waals surface area (Å²) in [7, 11) is 0. The van der Waals surface area contributed by atoms with Gasteiger partial charge in [-0.15, -0.1) is 11.3 Å². The third-order valence-corrected chi connectivity index (χ3v) is 3.36. The van der Waals surface area contributed by atoms with Gasteiger partial charge in [0.15, 0.2) is 0 Å². The molecule has 1 aromatic rings. The van der Waals surface area contributed by atoms with Gasteiger partial charge in [0, 0.05) is 0 Å². The number of amides is 1. The largest absolute Gasteiger partial charge is 0.480 e. The lowest BCUT2D eigenvalue weighted by atomic mass is 10.1. The Labute approximate surface area is 104 Å². The summed E-state index contributed by atoms with van der Waals surface area (Å²) >= 11 is 1.28. The highest BCUT2D eigenvalue weighted by atomic mass is 32.1. The van der Waals surface area contributed by atoms with Gasteiger partial charge in [0.25, 0.3) is 5.91 Å². The van der Waals surface area contributed by atoms with Crippen molar-refractivity contribution in [3.05, 3.63) is 15.6 Å². The van der Waals surface area contributed by atoms with E-state index in [2.05, 4.69) is 10.3 Å². The summed E-state index contributed by atoms with van der Waals surface area (Å²) in [5, 5.41) is 12.3. The van der Waals surface area contributed by atoms with Gasteiger partial charge < -0.3 is 10.4 Å². The van der Waals surface area contributed by atoms with Crippen molar-refractivity contribution in [1.82, 2.24) is 10.3 Å². The molecule has 1 aromatic heterocycles. The van der Waals surface area contributed by atoms with Crippen LogP contribution in [0.4, 0.5) is 0 Å². The van der Waals surface area contributed by atoms with Crippen LogP contribution in [0.5, 0.6) is 0 Å². The zero-order chi connectivity index (χ0) is 13.0. The van der Waals surface area contributed by atoms with Crippen LogP contribution in [0.15, 0.2) is 0 Å². The summed E-state index contributed by atoms with van der Waals surface area (Å²) in [6, 6.07) is -0.825. The molecule has 0 aliphatic carbocycles. The van der Waals surface area contributed by atoms with E-state index in [4.69, 9.17) is 5.11 Å². The molecule has 1 amide bonds. The van der Waals surface area contributed by atoms with E-state index in [1.54, 1.807) is 6.92 Å². The molecular formula is C11H16N2O3S. The zero-order valence-corrected chi connectivity index (χ0v) is 10.9. The maximum Gasteiger partial charge on any atom is 0.326 e. The first-order chi connectivity index (χ1) is 7.95. The number of carbonyl (C=O) groups is 2. The third kappa shape index (κ3) is 3.52. The maximum absolute atomic E-state index is 11.9. The first-order valence-corrected chi connectivity index (χ1v) is 6.25. The number of carboxylic acids is 1. The first-order valence-electron chi connectivity index (χ1n) is 5.43. The maximum atomic E-state index is 11.9. The van der Waals surface area contributed by atoms with E-state index in [-0.39, 0.29) is 5.91 Å². The summed E-state index contributed by atoms with van der Waals surface area (Å²) in [5.41, 5.74) is 0.644. The van der Waals surface area contributed by atoms with E-state index in [9.17, 15) is 9.59 Å². The molecule has 6 heteroatoms. The van der Waals surface area contributed by atoms with Crippen molar-refractivity contribution in [2.24, 2.45) is 0 Å². The molecule has 94 valence electrons. The molecular weight excluding hydrogens is 240 g/mol. The molecule has 0 aliphatic rings. The summed E-state index contributed by atoms with van der Waals surface area (Å²) in [4.78, 5) is 27.4. The highest BCUT2D eigenvalue weighted by Gasteiger charge is 2.22. The van der Waals surface area contributed by atoms with Crippen molar-refractivity contribution in [3.8, 4) is 0 Å². The lowest BCUT2D eigenvalue weighted by molar-refractivity contribution is -0.139. The van der Waals surface area contributed by atoms with Crippen LogP contribution in [0.25, 0.3) is 0 Å². The lowest BCUT2D eigenvalue weighted by Gasteiger charge is -2.12. The molecule has 5 nitrogen and oxygen atoms in total. The normalized spacial score (nSPS) is 12.2. The fourth-order valence-electron chi connectivity index (χ4n) is 1.51. The lowest BCUT2D eigenvalue weighted by Crippen LogP contribution is -2.40. The second kappa shape index (κ2) is 5.77. The summed E-state index contributed by atoms with van der Waals surface area (Å²) in [6.07, 6.45) is 1.13. The number of aromatic nitrogens is 1. The van der Waals surface area contributed by atoms with Gasteiger partial charge >= 0.3 is 5.97 Å². The minimum absolute atomic E-state index is 0.353.